The molecule has 0 saturated carbocycles. The highest BCUT2D eigenvalue weighted by Gasteiger charge is 2.38. The molecule has 7 heteroatoms. The maximum Gasteiger partial charge on any atom is 0.243 e. The first kappa shape index (κ1) is 22.0. The Morgan fingerprint density at radius 3 is 2.14 bits per heavy atom. The van der Waals surface area contributed by atoms with Crippen molar-refractivity contribution in [3.63, 3.8) is 0 Å². The van der Waals surface area contributed by atoms with E-state index < -0.39 is 10.0 Å². The van der Waals surface area contributed by atoms with Gasteiger partial charge in [-0.1, -0.05) is 39.0 Å². The second-order valence-electron chi connectivity index (χ2n) is 8.85. The third-order valence-electron chi connectivity index (χ3n) is 5.44. The van der Waals surface area contributed by atoms with Gasteiger partial charge in [0.1, 0.15) is 0 Å². The lowest BCUT2D eigenvalue weighted by molar-refractivity contribution is -0.137. The normalized spacial score (nSPS) is 21.3. The molecule has 1 aromatic heterocycles. The Morgan fingerprint density at radius 2 is 1.66 bits per heavy atom. The number of sulfonamides is 1. The first-order valence-corrected chi connectivity index (χ1v) is 12.3. The smallest absolute Gasteiger partial charge is 0.243 e. The summed E-state index contributed by atoms with van der Waals surface area (Å²) in [6.45, 7) is 10.8. The molecule has 1 aliphatic rings. The van der Waals surface area contributed by atoms with E-state index in [4.69, 9.17) is 0 Å². The molecule has 29 heavy (non-hydrogen) atoms. The summed E-state index contributed by atoms with van der Waals surface area (Å²) in [5.74, 6) is 0.0547. The fraction of sp³-hybridized carbons (Fsp3) is 0.500. The number of carbonyl (C=O) groups excluding carboxylic acids is 1. The van der Waals surface area contributed by atoms with Crippen LogP contribution in [0.15, 0.2) is 46.7 Å². The molecule has 0 bridgehead atoms. The predicted octanol–water partition coefficient (Wildman–Crippen LogP) is 3.90. The molecule has 0 aliphatic carbocycles. The maximum absolute atomic E-state index is 13.2. The van der Waals surface area contributed by atoms with Gasteiger partial charge in [-0.3, -0.25) is 4.79 Å². The first-order chi connectivity index (χ1) is 13.5. The van der Waals surface area contributed by atoms with E-state index >= 15 is 0 Å². The summed E-state index contributed by atoms with van der Waals surface area (Å²) in [5.41, 5.74) is 1.07. The van der Waals surface area contributed by atoms with Crippen LogP contribution >= 0.6 is 11.3 Å². The van der Waals surface area contributed by atoms with E-state index in [-0.39, 0.29) is 23.4 Å². The molecular weight excluding hydrogens is 404 g/mol. The van der Waals surface area contributed by atoms with Gasteiger partial charge < -0.3 is 4.90 Å². The van der Waals surface area contributed by atoms with Gasteiger partial charge in [0.2, 0.25) is 15.9 Å². The van der Waals surface area contributed by atoms with Crippen molar-refractivity contribution in [1.82, 2.24) is 9.21 Å². The molecule has 1 aliphatic heterocycles. The Labute approximate surface area is 178 Å². The van der Waals surface area contributed by atoms with E-state index in [1.165, 1.54) is 4.31 Å². The van der Waals surface area contributed by atoms with Gasteiger partial charge in [0.15, 0.2) is 0 Å². The van der Waals surface area contributed by atoms with Crippen LogP contribution in [0, 0.1) is 0 Å². The van der Waals surface area contributed by atoms with Crippen LogP contribution in [-0.4, -0.2) is 48.7 Å². The Kier molecular flexibility index (Phi) is 6.22. The van der Waals surface area contributed by atoms with Crippen molar-refractivity contribution < 1.29 is 13.2 Å². The van der Waals surface area contributed by atoms with Crippen molar-refractivity contribution in [2.24, 2.45) is 0 Å². The van der Waals surface area contributed by atoms with E-state index in [0.29, 0.717) is 24.4 Å². The summed E-state index contributed by atoms with van der Waals surface area (Å²) >= 11 is 1.57. The molecule has 5 nitrogen and oxygen atoms in total. The highest BCUT2D eigenvalue weighted by molar-refractivity contribution is 7.89. The summed E-state index contributed by atoms with van der Waals surface area (Å²) in [6.07, 6.45) is 0.368. The standard InChI is InChI=1S/C22H30N2O3S2/c1-16-14-23(15-17(2)24(16)21(25)13-19-7-6-12-28-19)29(26,27)20-10-8-18(9-11-20)22(3,4)5/h6-12,16-17H,13-15H2,1-5H3/t16-,17?/m1/s1. The molecule has 0 spiro atoms. The zero-order valence-corrected chi connectivity index (χ0v) is 19.4. The van der Waals surface area contributed by atoms with Gasteiger partial charge in [0.05, 0.1) is 11.3 Å². The minimum Gasteiger partial charge on any atom is -0.334 e. The number of hydrogen-bond donors (Lipinski definition) is 0. The average Bonchev–Trinajstić information content (AvgIpc) is 3.13. The number of carbonyl (C=O) groups is 1. The van der Waals surface area contributed by atoms with Crippen molar-refractivity contribution in [1.29, 1.82) is 0 Å². The third-order valence-corrected chi connectivity index (χ3v) is 8.16. The van der Waals surface area contributed by atoms with Crippen LogP contribution in [0.3, 0.4) is 0 Å². The molecule has 0 N–H and O–H groups in total. The van der Waals surface area contributed by atoms with Crippen LogP contribution in [0.4, 0.5) is 0 Å². The monoisotopic (exact) mass is 434 g/mol. The Morgan fingerprint density at radius 1 is 1.07 bits per heavy atom. The molecule has 1 saturated heterocycles. The molecule has 2 atom stereocenters. The Balaban J connectivity index is 1.75. The van der Waals surface area contributed by atoms with Gasteiger partial charge in [-0.2, -0.15) is 4.31 Å². The summed E-state index contributed by atoms with van der Waals surface area (Å²) in [6, 6.07) is 10.7. The maximum atomic E-state index is 13.2. The minimum absolute atomic E-state index is 0.0279. The van der Waals surface area contributed by atoms with Crippen LogP contribution in [0.1, 0.15) is 45.1 Å². The van der Waals surface area contributed by atoms with Crippen LogP contribution in [0.2, 0.25) is 0 Å². The highest BCUT2D eigenvalue weighted by Crippen LogP contribution is 2.27. The number of benzene rings is 1. The number of amides is 1. The Hall–Kier alpha value is -1.70. The number of piperazine rings is 1. The predicted molar refractivity (Wildman–Crippen MR) is 118 cm³/mol. The summed E-state index contributed by atoms with van der Waals surface area (Å²) in [7, 11) is -3.59. The highest BCUT2D eigenvalue weighted by atomic mass is 32.2. The van der Waals surface area contributed by atoms with Crippen LogP contribution in [0.5, 0.6) is 0 Å². The number of hydrogen-bond acceptors (Lipinski definition) is 4. The van der Waals surface area contributed by atoms with E-state index in [1.807, 2.05) is 48.4 Å². The van der Waals surface area contributed by atoms with Crippen LogP contribution < -0.4 is 0 Å². The first-order valence-electron chi connectivity index (χ1n) is 9.94. The van der Waals surface area contributed by atoms with Crippen molar-refractivity contribution in [2.75, 3.05) is 13.1 Å². The summed E-state index contributed by atoms with van der Waals surface area (Å²) < 4.78 is 27.9. The molecule has 2 heterocycles. The van der Waals surface area contributed by atoms with Crippen molar-refractivity contribution in [3.8, 4) is 0 Å². The van der Waals surface area contributed by atoms with Gasteiger partial charge in [0, 0.05) is 30.1 Å². The zero-order valence-electron chi connectivity index (χ0n) is 17.8. The van der Waals surface area contributed by atoms with Gasteiger partial charge >= 0.3 is 0 Å². The second-order valence-corrected chi connectivity index (χ2v) is 11.8. The molecule has 0 radical (unpaired) electrons. The number of thiophene rings is 1. The summed E-state index contributed by atoms with van der Waals surface area (Å²) in [5, 5.41) is 1.96. The topological polar surface area (TPSA) is 57.7 Å². The van der Waals surface area contributed by atoms with E-state index in [0.717, 1.165) is 10.4 Å². The quantitative estimate of drug-likeness (QED) is 0.733. The summed E-state index contributed by atoms with van der Waals surface area (Å²) in [4.78, 5) is 16.0. The average molecular weight is 435 g/mol. The second kappa shape index (κ2) is 8.20. The lowest BCUT2D eigenvalue weighted by Gasteiger charge is -2.43. The van der Waals surface area contributed by atoms with Crippen molar-refractivity contribution in [3.05, 3.63) is 52.2 Å². The third kappa shape index (κ3) is 4.73. The van der Waals surface area contributed by atoms with Gasteiger partial charge in [-0.15, -0.1) is 11.3 Å². The van der Waals surface area contributed by atoms with Gasteiger partial charge in [-0.25, -0.2) is 8.42 Å². The molecular formula is C22H30N2O3S2. The largest absolute Gasteiger partial charge is 0.334 e. The van der Waals surface area contributed by atoms with Crippen LogP contribution in [-0.2, 0) is 26.7 Å². The fourth-order valence-corrected chi connectivity index (χ4v) is 6.19. The fourth-order valence-electron chi connectivity index (χ4n) is 3.89. The number of nitrogens with zero attached hydrogens (tertiary/aromatic N) is 2. The van der Waals surface area contributed by atoms with E-state index in [2.05, 4.69) is 20.8 Å². The molecule has 1 fully saturated rings. The molecule has 1 amide bonds. The molecule has 2 aromatic rings. The van der Waals surface area contributed by atoms with Crippen LogP contribution in [0.25, 0.3) is 0 Å². The number of rotatable bonds is 4. The lowest BCUT2D eigenvalue weighted by atomic mass is 9.87. The van der Waals surface area contributed by atoms with Crippen molar-refractivity contribution >= 4 is 27.3 Å². The molecule has 158 valence electrons. The van der Waals surface area contributed by atoms with Crippen molar-refractivity contribution in [2.45, 2.75) is 63.4 Å². The molecule has 3 rings (SSSR count). The minimum atomic E-state index is -3.59. The van der Waals surface area contributed by atoms with Gasteiger partial charge in [-0.05, 0) is 48.4 Å². The van der Waals surface area contributed by atoms with Gasteiger partial charge in [0.25, 0.3) is 0 Å². The Bertz CT molecular complexity index is 933. The lowest BCUT2D eigenvalue weighted by Crippen LogP contribution is -2.59. The zero-order chi connectivity index (χ0) is 21.4. The SMILES string of the molecule is CC1CN(S(=O)(=O)c2ccc(C(C)(C)C)cc2)C[C@@H](C)N1C(=O)Cc1cccs1. The molecule has 1 unspecified atom stereocenters. The van der Waals surface area contributed by atoms with E-state index in [1.54, 1.807) is 23.5 Å². The van der Waals surface area contributed by atoms with E-state index in [9.17, 15) is 13.2 Å². The molecule has 1 aromatic carbocycles.